The van der Waals surface area contributed by atoms with E-state index in [1.807, 2.05) is 4.90 Å². The SMILES string of the molecule is O=C(O)c1[nH]c(=O)n(-c2ccccc2Cl)c(=O)c1CN1CCCC1. The van der Waals surface area contributed by atoms with Gasteiger partial charge in [0.2, 0.25) is 0 Å². The maximum atomic E-state index is 12.8. The number of H-pyrrole nitrogens is 1. The van der Waals surface area contributed by atoms with Crippen LogP contribution in [0.4, 0.5) is 0 Å². The van der Waals surface area contributed by atoms with Crippen molar-refractivity contribution in [2.45, 2.75) is 19.4 Å². The quantitative estimate of drug-likeness (QED) is 0.871. The Morgan fingerprint density at radius 3 is 2.50 bits per heavy atom. The first-order valence-electron chi connectivity index (χ1n) is 7.58. The highest BCUT2D eigenvalue weighted by Gasteiger charge is 2.23. The standard InChI is InChI=1S/C16H16ClN3O4/c17-11-5-1-2-6-12(11)20-14(21)10(9-19-7-3-4-8-19)13(15(22)23)18-16(20)24/h1-2,5-6H,3-4,7-9H2,(H,18,24)(H,22,23). The molecule has 2 aromatic rings. The number of likely N-dealkylation sites (tertiary alicyclic amines) is 1. The number of carboxylic acids is 1. The number of para-hydroxylation sites is 1. The Morgan fingerprint density at radius 1 is 1.21 bits per heavy atom. The normalized spacial score (nSPS) is 14.9. The highest BCUT2D eigenvalue weighted by Crippen LogP contribution is 2.18. The van der Waals surface area contributed by atoms with E-state index in [1.54, 1.807) is 24.3 Å². The van der Waals surface area contributed by atoms with Crippen LogP contribution >= 0.6 is 11.6 Å². The van der Waals surface area contributed by atoms with Gasteiger partial charge in [-0.2, -0.15) is 0 Å². The van der Waals surface area contributed by atoms with Crippen molar-refractivity contribution in [3.8, 4) is 5.69 Å². The fourth-order valence-corrected chi connectivity index (χ4v) is 3.14. The molecule has 24 heavy (non-hydrogen) atoms. The van der Waals surface area contributed by atoms with Crippen molar-refractivity contribution in [1.29, 1.82) is 0 Å². The number of rotatable bonds is 4. The van der Waals surface area contributed by atoms with Crippen molar-refractivity contribution in [2.75, 3.05) is 13.1 Å². The molecule has 3 rings (SSSR count). The van der Waals surface area contributed by atoms with E-state index in [0.717, 1.165) is 30.5 Å². The summed E-state index contributed by atoms with van der Waals surface area (Å²) in [7, 11) is 0. The minimum absolute atomic E-state index is 0.0592. The van der Waals surface area contributed by atoms with E-state index in [2.05, 4.69) is 4.98 Å². The minimum Gasteiger partial charge on any atom is -0.477 e. The Labute approximate surface area is 142 Å². The molecule has 0 amide bonds. The summed E-state index contributed by atoms with van der Waals surface area (Å²) in [6, 6.07) is 6.44. The van der Waals surface area contributed by atoms with Gasteiger partial charge >= 0.3 is 11.7 Å². The Balaban J connectivity index is 2.21. The molecular weight excluding hydrogens is 334 g/mol. The number of aromatic amines is 1. The topological polar surface area (TPSA) is 95.4 Å². The minimum atomic E-state index is -1.33. The van der Waals surface area contributed by atoms with Gasteiger partial charge in [0.1, 0.15) is 5.69 Å². The third kappa shape index (κ3) is 3.00. The molecule has 1 aliphatic rings. The lowest BCUT2D eigenvalue weighted by Crippen LogP contribution is -2.40. The second-order valence-corrected chi connectivity index (χ2v) is 6.07. The Morgan fingerprint density at radius 2 is 1.88 bits per heavy atom. The highest BCUT2D eigenvalue weighted by atomic mass is 35.5. The van der Waals surface area contributed by atoms with Crippen LogP contribution in [0.15, 0.2) is 33.9 Å². The molecule has 126 valence electrons. The van der Waals surface area contributed by atoms with Gasteiger partial charge in [-0.3, -0.25) is 9.69 Å². The monoisotopic (exact) mass is 349 g/mol. The summed E-state index contributed by atoms with van der Waals surface area (Å²) in [6.07, 6.45) is 2.01. The van der Waals surface area contributed by atoms with Crippen molar-refractivity contribution >= 4 is 17.6 Å². The second-order valence-electron chi connectivity index (χ2n) is 5.66. The lowest BCUT2D eigenvalue weighted by Gasteiger charge is -2.17. The summed E-state index contributed by atoms with van der Waals surface area (Å²) in [5.41, 5.74) is -1.55. The Hall–Kier alpha value is -2.38. The molecule has 2 N–H and O–H groups in total. The first-order valence-corrected chi connectivity index (χ1v) is 7.95. The summed E-state index contributed by atoms with van der Waals surface area (Å²) in [6.45, 7) is 1.77. The van der Waals surface area contributed by atoms with Crippen LogP contribution in [0, 0.1) is 0 Å². The van der Waals surface area contributed by atoms with Crippen LogP contribution in [0.3, 0.4) is 0 Å². The predicted octanol–water partition coefficient (Wildman–Crippen LogP) is 1.47. The van der Waals surface area contributed by atoms with E-state index < -0.39 is 17.2 Å². The van der Waals surface area contributed by atoms with E-state index in [1.165, 1.54) is 0 Å². The first kappa shape index (κ1) is 16.5. The van der Waals surface area contributed by atoms with E-state index in [9.17, 15) is 19.5 Å². The molecule has 0 unspecified atom stereocenters. The molecule has 0 radical (unpaired) electrons. The van der Waals surface area contributed by atoms with Crippen LogP contribution in [-0.4, -0.2) is 38.6 Å². The molecule has 1 aromatic heterocycles. The molecule has 2 heterocycles. The number of aromatic nitrogens is 2. The van der Waals surface area contributed by atoms with Gasteiger partial charge in [0.15, 0.2) is 0 Å². The van der Waals surface area contributed by atoms with Crippen LogP contribution in [-0.2, 0) is 6.54 Å². The fraction of sp³-hybridized carbons (Fsp3) is 0.312. The molecule has 0 atom stereocenters. The molecule has 1 aliphatic heterocycles. The largest absolute Gasteiger partial charge is 0.477 e. The van der Waals surface area contributed by atoms with Crippen LogP contribution in [0.5, 0.6) is 0 Å². The summed E-state index contributed by atoms with van der Waals surface area (Å²) in [5.74, 6) is -1.33. The number of nitrogens with zero attached hydrogens (tertiary/aromatic N) is 2. The van der Waals surface area contributed by atoms with Crippen LogP contribution < -0.4 is 11.2 Å². The number of aromatic carboxylic acids is 1. The lowest BCUT2D eigenvalue weighted by atomic mass is 10.2. The number of hydrogen-bond donors (Lipinski definition) is 2. The van der Waals surface area contributed by atoms with E-state index in [0.29, 0.717) is 0 Å². The molecule has 1 aromatic carbocycles. The average Bonchev–Trinajstić information content (AvgIpc) is 3.04. The van der Waals surface area contributed by atoms with Crippen LogP contribution in [0.25, 0.3) is 5.69 Å². The Kier molecular flexibility index (Phi) is 4.55. The van der Waals surface area contributed by atoms with Crippen molar-refractivity contribution in [1.82, 2.24) is 14.5 Å². The predicted molar refractivity (Wildman–Crippen MR) is 89.1 cm³/mol. The number of carboxylic acid groups (broad SMARTS) is 1. The van der Waals surface area contributed by atoms with Gasteiger partial charge in [-0.05, 0) is 38.1 Å². The third-order valence-corrected chi connectivity index (χ3v) is 4.41. The van der Waals surface area contributed by atoms with E-state index in [4.69, 9.17) is 11.6 Å². The molecule has 7 nitrogen and oxygen atoms in total. The van der Waals surface area contributed by atoms with Gasteiger partial charge in [0, 0.05) is 6.54 Å². The van der Waals surface area contributed by atoms with Crippen LogP contribution in [0.1, 0.15) is 28.9 Å². The molecule has 8 heteroatoms. The van der Waals surface area contributed by atoms with Gasteiger partial charge in [-0.1, -0.05) is 23.7 Å². The maximum absolute atomic E-state index is 12.8. The fourth-order valence-electron chi connectivity index (χ4n) is 2.92. The second kappa shape index (κ2) is 6.62. The number of benzene rings is 1. The maximum Gasteiger partial charge on any atom is 0.352 e. The highest BCUT2D eigenvalue weighted by molar-refractivity contribution is 6.32. The summed E-state index contributed by atoms with van der Waals surface area (Å²) >= 11 is 6.09. The molecule has 1 saturated heterocycles. The van der Waals surface area contributed by atoms with Crippen LogP contribution in [0.2, 0.25) is 5.02 Å². The van der Waals surface area contributed by atoms with Crippen molar-refractivity contribution < 1.29 is 9.90 Å². The summed E-state index contributed by atoms with van der Waals surface area (Å²) in [4.78, 5) is 40.9. The summed E-state index contributed by atoms with van der Waals surface area (Å²) in [5, 5.41) is 9.58. The Bertz CT molecular complexity index is 897. The molecule has 0 aliphatic carbocycles. The van der Waals surface area contributed by atoms with Crippen molar-refractivity contribution in [3.05, 3.63) is 61.4 Å². The number of nitrogens with one attached hydrogen (secondary N) is 1. The van der Waals surface area contributed by atoms with Gasteiger partial charge in [-0.15, -0.1) is 0 Å². The average molecular weight is 350 g/mol. The molecule has 0 bridgehead atoms. The number of carbonyl (C=O) groups is 1. The van der Waals surface area contributed by atoms with Gasteiger partial charge in [0.05, 0.1) is 16.3 Å². The summed E-state index contributed by atoms with van der Waals surface area (Å²) < 4.78 is 0.889. The zero-order chi connectivity index (χ0) is 17.3. The van der Waals surface area contributed by atoms with Crippen molar-refractivity contribution in [2.24, 2.45) is 0 Å². The molecule has 1 fully saturated rings. The third-order valence-electron chi connectivity index (χ3n) is 4.09. The molecule has 0 spiro atoms. The van der Waals surface area contributed by atoms with E-state index in [-0.39, 0.29) is 28.5 Å². The van der Waals surface area contributed by atoms with Gasteiger partial charge in [0.25, 0.3) is 5.56 Å². The van der Waals surface area contributed by atoms with Gasteiger partial charge < -0.3 is 10.1 Å². The first-order chi connectivity index (χ1) is 11.5. The lowest BCUT2D eigenvalue weighted by molar-refractivity contribution is 0.0687. The van der Waals surface area contributed by atoms with Crippen molar-refractivity contribution in [3.63, 3.8) is 0 Å². The van der Waals surface area contributed by atoms with E-state index >= 15 is 0 Å². The zero-order valence-electron chi connectivity index (χ0n) is 12.8. The molecular formula is C16H16ClN3O4. The zero-order valence-corrected chi connectivity index (χ0v) is 13.5. The number of halogens is 1. The number of hydrogen-bond acceptors (Lipinski definition) is 4. The molecule has 0 saturated carbocycles. The van der Waals surface area contributed by atoms with Gasteiger partial charge in [-0.25, -0.2) is 14.2 Å². The smallest absolute Gasteiger partial charge is 0.352 e.